The number of hydrogen-bond acceptors (Lipinski definition) is 5. The molecule has 1 saturated carbocycles. The van der Waals surface area contributed by atoms with Gasteiger partial charge in [0.25, 0.3) is 0 Å². The molecule has 1 aliphatic carbocycles. The highest BCUT2D eigenvalue weighted by Gasteiger charge is 2.30. The van der Waals surface area contributed by atoms with Gasteiger partial charge in [-0.1, -0.05) is 11.8 Å². The number of thioether (sulfide) groups is 1. The molecule has 2 fully saturated rings. The van der Waals surface area contributed by atoms with Gasteiger partial charge in [-0.25, -0.2) is 0 Å². The minimum Gasteiger partial charge on any atom is -0.376 e. The van der Waals surface area contributed by atoms with E-state index in [-0.39, 0.29) is 17.3 Å². The molecule has 1 N–H and O–H groups in total. The molecule has 2 aliphatic rings. The normalized spacial score (nSPS) is 22.7. The molecule has 7 heteroatoms. The van der Waals surface area contributed by atoms with Crippen LogP contribution in [0.3, 0.4) is 0 Å². The van der Waals surface area contributed by atoms with Crippen molar-refractivity contribution in [3.63, 3.8) is 0 Å². The van der Waals surface area contributed by atoms with E-state index in [9.17, 15) is 4.79 Å². The van der Waals surface area contributed by atoms with Gasteiger partial charge in [-0.15, -0.1) is 10.2 Å². The standard InChI is InChI=1S/C15H24N4O2S/c1-3-19-13(11-6-7-11)17-18-15(19)22-10(2)14(20)16-9-12-5-4-8-21-12/h10-12H,3-9H2,1-2H3,(H,16,20)/t10-,12-/m0/s1. The van der Waals surface area contributed by atoms with E-state index in [1.165, 1.54) is 24.6 Å². The van der Waals surface area contributed by atoms with Crippen LogP contribution in [0.5, 0.6) is 0 Å². The first-order valence-electron chi connectivity index (χ1n) is 8.18. The molecular weight excluding hydrogens is 300 g/mol. The molecule has 1 amide bonds. The summed E-state index contributed by atoms with van der Waals surface area (Å²) in [5.41, 5.74) is 0. The fraction of sp³-hybridized carbons (Fsp3) is 0.800. The Morgan fingerprint density at radius 2 is 2.27 bits per heavy atom. The molecule has 6 nitrogen and oxygen atoms in total. The maximum Gasteiger partial charge on any atom is 0.233 e. The van der Waals surface area contributed by atoms with Crippen molar-refractivity contribution in [1.29, 1.82) is 0 Å². The smallest absolute Gasteiger partial charge is 0.233 e. The van der Waals surface area contributed by atoms with Crippen LogP contribution >= 0.6 is 11.8 Å². The lowest BCUT2D eigenvalue weighted by molar-refractivity contribution is -0.120. The van der Waals surface area contributed by atoms with Crippen LogP contribution in [-0.4, -0.2) is 45.2 Å². The van der Waals surface area contributed by atoms with Crippen LogP contribution in [0.2, 0.25) is 0 Å². The van der Waals surface area contributed by atoms with E-state index in [4.69, 9.17) is 4.74 Å². The van der Waals surface area contributed by atoms with E-state index in [0.29, 0.717) is 12.5 Å². The third-order valence-corrected chi connectivity index (χ3v) is 5.26. The van der Waals surface area contributed by atoms with Crippen LogP contribution in [0.1, 0.15) is 51.3 Å². The van der Waals surface area contributed by atoms with Crippen molar-refractivity contribution in [3.05, 3.63) is 5.82 Å². The minimum absolute atomic E-state index is 0.0409. The first-order valence-corrected chi connectivity index (χ1v) is 9.06. The Bertz CT molecular complexity index is 524. The molecule has 3 rings (SSSR count). The van der Waals surface area contributed by atoms with Gasteiger partial charge in [0.1, 0.15) is 5.82 Å². The molecule has 1 aromatic heterocycles. The van der Waals surface area contributed by atoms with Crippen LogP contribution in [0.25, 0.3) is 0 Å². The molecule has 2 heterocycles. The second-order valence-corrected chi connectivity index (χ2v) is 7.31. The van der Waals surface area contributed by atoms with Crippen LogP contribution in [0.4, 0.5) is 0 Å². The highest BCUT2D eigenvalue weighted by atomic mass is 32.2. The Kier molecular flexibility index (Phi) is 5.03. The predicted octanol–water partition coefficient (Wildman–Crippen LogP) is 1.95. The third-order valence-electron chi connectivity index (χ3n) is 4.18. The second-order valence-electron chi connectivity index (χ2n) is 6.00. The molecule has 0 aromatic carbocycles. The van der Waals surface area contributed by atoms with Gasteiger partial charge in [0, 0.05) is 25.6 Å². The number of nitrogens with zero attached hydrogens (tertiary/aromatic N) is 3. The number of aromatic nitrogens is 3. The summed E-state index contributed by atoms with van der Waals surface area (Å²) >= 11 is 1.49. The van der Waals surface area contributed by atoms with Crippen molar-refractivity contribution in [2.45, 2.75) is 68.5 Å². The van der Waals surface area contributed by atoms with Crippen molar-refractivity contribution in [3.8, 4) is 0 Å². The zero-order valence-electron chi connectivity index (χ0n) is 13.2. The Labute approximate surface area is 135 Å². The molecule has 1 aliphatic heterocycles. The average Bonchev–Trinajstić information content (AvgIpc) is 3.08. The highest BCUT2D eigenvalue weighted by molar-refractivity contribution is 8.00. The summed E-state index contributed by atoms with van der Waals surface area (Å²) in [5.74, 6) is 1.70. The number of hydrogen-bond donors (Lipinski definition) is 1. The molecule has 122 valence electrons. The van der Waals surface area contributed by atoms with Crippen LogP contribution < -0.4 is 5.32 Å². The van der Waals surface area contributed by atoms with Crippen molar-refractivity contribution in [1.82, 2.24) is 20.1 Å². The lowest BCUT2D eigenvalue weighted by Gasteiger charge is -2.15. The Hall–Kier alpha value is -1.08. The summed E-state index contributed by atoms with van der Waals surface area (Å²) in [4.78, 5) is 12.2. The number of ether oxygens (including phenoxy) is 1. The molecule has 2 atom stereocenters. The number of carbonyl (C=O) groups is 1. The summed E-state index contributed by atoms with van der Waals surface area (Å²) in [6.07, 6.45) is 4.73. The van der Waals surface area contributed by atoms with Gasteiger partial charge in [-0.3, -0.25) is 4.79 Å². The predicted molar refractivity (Wildman–Crippen MR) is 85.0 cm³/mol. The summed E-state index contributed by atoms with van der Waals surface area (Å²) in [6.45, 7) is 6.29. The van der Waals surface area contributed by atoms with E-state index in [1.807, 2.05) is 6.92 Å². The molecule has 0 radical (unpaired) electrons. The second kappa shape index (κ2) is 7.00. The average molecular weight is 324 g/mol. The Morgan fingerprint density at radius 3 is 2.91 bits per heavy atom. The molecule has 22 heavy (non-hydrogen) atoms. The quantitative estimate of drug-likeness (QED) is 0.776. The molecule has 1 aromatic rings. The fourth-order valence-corrected chi connectivity index (χ4v) is 3.65. The van der Waals surface area contributed by atoms with Crippen LogP contribution in [0, 0.1) is 0 Å². The number of rotatable bonds is 7. The van der Waals surface area contributed by atoms with Crippen molar-refractivity contribution in [2.24, 2.45) is 0 Å². The summed E-state index contributed by atoms with van der Waals surface area (Å²) in [5, 5.41) is 12.2. The first kappa shape index (κ1) is 15.8. The Balaban J connectivity index is 1.54. The number of amides is 1. The lowest BCUT2D eigenvalue weighted by atomic mass is 10.2. The lowest BCUT2D eigenvalue weighted by Crippen LogP contribution is -2.36. The maximum atomic E-state index is 12.2. The number of nitrogens with one attached hydrogen (secondary N) is 1. The zero-order chi connectivity index (χ0) is 15.5. The van der Waals surface area contributed by atoms with Gasteiger partial charge >= 0.3 is 0 Å². The van der Waals surface area contributed by atoms with Gasteiger partial charge in [0.15, 0.2) is 5.16 Å². The van der Waals surface area contributed by atoms with Crippen molar-refractivity contribution < 1.29 is 9.53 Å². The molecule has 0 spiro atoms. The molecule has 0 unspecified atom stereocenters. The van der Waals surface area contributed by atoms with E-state index < -0.39 is 0 Å². The Morgan fingerprint density at radius 1 is 1.45 bits per heavy atom. The van der Waals surface area contributed by atoms with Crippen LogP contribution in [-0.2, 0) is 16.1 Å². The summed E-state index contributed by atoms with van der Waals surface area (Å²) < 4.78 is 7.67. The van der Waals surface area contributed by atoms with Gasteiger partial charge in [0.2, 0.25) is 5.91 Å². The van der Waals surface area contributed by atoms with Crippen molar-refractivity contribution in [2.75, 3.05) is 13.2 Å². The SMILES string of the molecule is CCn1c(S[C@@H](C)C(=O)NC[C@@H]2CCCO2)nnc1C1CC1. The van der Waals surface area contributed by atoms with Gasteiger partial charge in [-0.05, 0) is 39.5 Å². The van der Waals surface area contributed by atoms with Crippen molar-refractivity contribution >= 4 is 17.7 Å². The third kappa shape index (κ3) is 3.63. The van der Waals surface area contributed by atoms with Gasteiger partial charge in [-0.2, -0.15) is 0 Å². The van der Waals surface area contributed by atoms with E-state index in [0.717, 1.165) is 37.0 Å². The minimum atomic E-state index is -0.178. The largest absolute Gasteiger partial charge is 0.376 e. The van der Waals surface area contributed by atoms with Gasteiger partial charge < -0.3 is 14.6 Å². The summed E-state index contributed by atoms with van der Waals surface area (Å²) in [7, 11) is 0. The van der Waals surface area contributed by atoms with E-state index >= 15 is 0 Å². The topological polar surface area (TPSA) is 69.0 Å². The van der Waals surface area contributed by atoms with E-state index in [2.05, 4.69) is 27.0 Å². The first-order chi connectivity index (χ1) is 10.7. The van der Waals surface area contributed by atoms with E-state index in [1.54, 1.807) is 0 Å². The monoisotopic (exact) mass is 324 g/mol. The number of carbonyl (C=O) groups excluding carboxylic acids is 1. The summed E-state index contributed by atoms with van der Waals surface area (Å²) in [6, 6.07) is 0. The van der Waals surface area contributed by atoms with Crippen LogP contribution in [0.15, 0.2) is 5.16 Å². The zero-order valence-corrected chi connectivity index (χ0v) is 14.1. The molecular formula is C15H24N4O2S. The highest BCUT2D eigenvalue weighted by Crippen LogP contribution is 2.40. The maximum absolute atomic E-state index is 12.2. The van der Waals surface area contributed by atoms with Gasteiger partial charge in [0.05, 0.1) is 11.4 Å². The molecule has 1 saturated heterocycles. The molecule has 0 bridgehead atoms. The fourth-order valence-electron chi connectivity index (χ4n) is 2.70.